The third-order valence-electron chi connectivity index (χ3n) is 3.42. The number of methoxy groups -OCH3 is 1. The van der Waals surface area contributed by atoms with E-state index in [1.165, 1.54) is 12.8 Å². The van der Waals surface area contributed by atoms with Crippen LogP contribution in [0.2, 0.25) is 5.02 Å². The molecular weight excluding hydrogens is 264 g/mol. The number of anilines is 1. The number of ether oxygens (including phenoxy) is 1. The Morgan fingerprint density at radius 1 is 1.21 bits per heavy atom. The van der Waals surface area contributed by atoms with Gasteiger partial charge in [0, 0.05) is 43.4 Å². The molecule has 0 bridgehead atoms. The van der Waals surface area contributed by atoms with Gasteiger partial charge >= 0.3 is 5.97 Å². The van der Waals surface area contributed by atoms with Gasteiger partial charge in [-0.3, -0.25) is 9.69 Å². The minimum Gasteiger partial charge on any atom is -0.469 e. The molecule has 1 aliphatic rings. The van der Waals surface area contributed by atoms with E-state index in [4.69, 9.17) is 11.6 Å². The van der Waals surface area contributed by atoms with E-state index in [-0.39, 0.29) is 5.97 Å². The van der Waals surface area contributed by atoms with Crippen LogP contribution < -0.4 is 4.90 Å². The zero-order chi connectivity index (χ0) is 13.7. The topological polar surface area (TPSA) is 32.8 Å². The first kappa shape index (κ1) is 14.2. The van der Waals surface area contributed by atoms with E-state index < -0.39 is 0 Å². The predicted octanol–water partition coefficient (Wildman–Crippen LogP) is 2.03. The standard InChI is InChI=1S/C14H19ClN2O2/c1-19-14(18)6-7-16-8-10-17(11-9-16)13-4-2-12(15)3-5-13/h2-5H,6-11H2,1H3. The van der Waals surface area contributed by atoms with E-state index >= 15 is 0 Å². The lowest BCUT2D eigenvalue weighted by Gasteiger charge is -2.36. The fourth-order valence-electron chi connectivity index (χ4n) is 2.23. The lowest BCUT2D eigenvalue weighted by Crippen LogP contribution is -2.46. The minimum atomic E-state index is -0.139. The Bertz CT molecular complexity index is 414. The van der Waals surface area contributed by atoms with Crippen molar-refractivity contribution in [3.8, 4) is 0 Å². The highest BCUT2D eigenvalue weighted by atomic mass is 35.5. The number of halogens is 1. The molecule has 0 atom stereocenters. The summed E-state index contributed by atoms with van der Waals surface area (Å²) in [6, 6.07) is 7.93. The highest BCUT2D eigenvalue weighted by Gasteiger charge is 2.17. The highest BCUT2D eigenvalue weighted by molar-refractivity contribution is 6.30. The number of nitrogens with zero attached hydrogens (tertiary/aromatic N) is 2. The first-order valence-corrected chi connectivity index (χ1v) is 6.86. The van der Waals surface area contributed by atoms with E-state index in [2.05, 4.69) is 14.5 Å². The van der Waals surface area contributed by atoms with Crippen molar-refractivity contribution in [1.29, 1.82) is 0 Å². The van der Waals surface area contributed by atoms with Crippen LogP contribution in [0.4, 0.5) is 5.69 Å². The first-order chi connectivity index (χ1) is 9.19. The quantitative estimate of drug-likeness (QED) is 0.791. The van der Waals surface area contributed by atoms with Gasteiger partial charge in [0.05, 0.1) is 13.5 Å². The third kappa shape index (κ3) is 4.11. The molecule has 0 spiro atoms. The van der Waals surface area contributed by atoms with Crippen molar-refractivity contribution in [2.75, 3.05) is 44.7 Å². The Balaban J connectivity index is 1.79. The van der Waals surface area contributed by atoms with E-state index in [1.54, 1.807) is 0 Å². The Hall–Kier alpha value is -1.26. The van der Waals surface area contributed by atoms with Gasteiger partial charge in [0.1, 0.15) is 0 Å². The summed E-state index contributed by atoms with van der Waals surface area (Å²) in [7, 11) is 1.43. The van der Waals surface area contributed by atoms with Crippen LogP contribution in [0.1, 0.15) is 6.42 Å². The zero-order valence-electron chi connectivity index (χ0n) is 11.1. The molecule has 4 nitrogen and oxygen atoms in total. The summed E-state index contributed by atoms with van der Waals surface area (Å²) < 4.78 is 4.65. The van der Waals surface area contributed by atoms with E-state index in [0.29, 0.717) is 6.42 Å². The Kier molecular flexibility index (Phi) is 5.05. The molecule has 1 aliphatic heterocycles. The number of rotatable bonds is 4. The van der Waals surface area contributed by atoms with Gasteiger partial charge in [0.15, 0.2) is 0 Å². The molecule has 2 rings (SSSR count). The molecule has 0 aromatic heterocycles. The highest BCUT2D eigenvalue weighted by Crippen LogP contribution is 2.19. The number of piperazine rings is 1. The zero-order valence-corrected chi connectivity index (χ0v) is 11.9. The number of carbonyl (C=O) groups is 1. The van der Waals surface area contributed by atoms with Crippen LogP contribution in [0.3, 0.4) is 0 Å². The maximum Gasteiger partial charge on any atom is 0.306 e. The van der Waals surface area contributed by atoms with Gasteiger partial charge in [-0.15, -0.1) is 0 Å². The van der Waals surface area contributed by atoms with Crippen molar-refractivity contribution in [3.05, 3.63) is 29.3 Å². The van der Waals surface area contributed by atoms with Gasteiger partial charge in [0.25, 0.3) is 0 Å². The van der Waals surface area contributed by atoms with Crippen molar-refractivity contribution in [2.24, 2.45) is 0 Å². The van der Waals surface area contributed by atoms with Crippen LogP contribution in [0, 0.1) is 0 Å². The summed E-state index contributed by atoms with van der Waals surface area (Å²) in [5.74, 6) is -0.139. The van der Waals surface area contributed by atoms with Crippen LogP contribution in [0.25, 0.3) is 0 Å². The molecule has 1 aromatic rings. The molecule has 0 radical (unpaired) electrons. The molecular formula is C14H19ClN2O2. The normalized spacial score (nSPS) is 16.4. The second-order valence-electron chi connectivity index (χ2n) is 4.63. The third-order valence-corrected chi connectivity index (χ3v) is 3.68. The molecule has 19 heavy (non-hydrogen) atoms. The molecule has 0 aliphatic carbocycles. The van der Waals surface area contributed by atoms with Crippen LogP contribution in [0.5, 0.6) is 0 Å². The summed E-state index contributed by atoms with van der Waals surface area (Å²) in [6.45, 7) is 4.67. The van der Waals surface area contributed by atoms with E-state index in [1.807, 2.05) is 24.3 Å². The van der Waals surface area contributed by atoms with Gasteiger partial charge in [-0.2, -0.15) is 0 Å². The summed E-state index contributed by atoms with van der Waals surface area (Å²) in [4.78, 5) is 15.7. The Labute approximate surface area is 118 Å². The van der Waals surface area contributed by atoms with Crippen molar-refractivity contribution in [3.63, 3.8) is 0 Å². The second kappa shape index (κ2) is 6.78. The summed E-state index contributed by atoms with van der Waals surface area (Å²) >= 11 is 5.89. The maximum atomic E-state index is 11.1. The monoisotopic (exact) mass is 282 g/mol. The summed E-state index contributed by atoms with van der Waals surface area (Å²) in [6.07, 6.45) is 0.470. The van der Waals surface area contributed by atoms with Crippen molar-refractivity contribution >= 4 is 23.3 Å². The summed E-state index contributed by atoms with van der Waals surface area (Å²) in [5, 5.41) is 0.764. The number of hydrogen-bond donors (Lipinski definition) is 0. The number of esters is 1. The number of carbonyl (C=O) groups excluding carboxylic acids is 1. The van der Waals surface area contributed by atoms with Gasteiger partial charge in [-0.25, -0.2) is 0 Å². The molecule has 0 unspecified atom stereocenters. The van der Waals surface area contributed by atoms with Crippen LogP contribution in [-0.4, -0.2) is 50.7 Å². The molecule has 0 N–H and O–H groups in total. The van der Waals surface area contributed by atoms with Gasteiger partial charge < -0.3 is 9.64 Å². The van der Waals surface area contributed by atoms with Gasteiger partial charge in [-0.1, -0.05) is 11.6 Å². The minimum absolute atomic E-state index is 0.139. The molecule has 0 saturated carbocycles. The van der Waals surface area contributed by atoms with Crippen molar-refractivity contribution in [1.82, 2.24) is 4.90 Å². The molecule has 5 heteroatoms. The summed E-state index contributed by atoms with van der Waals surface area (Å²) in [5.41, 5.74) is 1.21. The van der Waals surface area contributed by atoms with Crippen molar-refractivity contribution in [2.45, 2.75) is 6.42 Å². The fourth-order valence-corrected chi connectivity index (χ4v) is 2.36. The Morgan fingerprint density at radius 2 is 1.84 bits per heavy atom. The average molecular weight is 283 g/mol. The maximum absolute atomic E-state index is 11.1. The average Bonchev–Trinajstić information content (AvgIpc) is 2.46. The number of benzene rings is 1. The largest absolute Gasteiger partial charge is 0.469 e. The molecule has 1 aromatic carbocycles. The molecule has 1 heterocycles. The van der Waals surface area contributed by atoms with Crippen LogP contribution >= 0.6 is 11.6 Å². The smallest absolute Gasteiger partial charge is 0.306 e. The molecule has 104 valence electrons. The SMILES string of the molecule is COC(=O)CCN1CCN(c2ccc(Cl)cc2)CC1. The lowest BCUT2D eigenvalue weighted by molar-refractivity contribution is -0.141. The second-order valence-corrected chi connectivity index (χ2v) is 5.07. The fraction of sp³-hybridized carbons (Fsp3) is 0.500. The Morgan fingerprint density at radius 3 is 2.42 bits per heavy atom. The number of hydrogen-bond acceptors (Lipinski definition) is 4. The molecule has 1 saturated heterocycles. The van der Waals surface area contributed by atoms with Crippen LogP contribution in [-0.2, 0) is 9.53 Å². The van der Waals surface area contributed by atoms with E-state index in [0.717, 1.165) is 37.7 Å². The predicted molar refractivity (Wildman–Crippen MR) is 76.7 cm³/mol. The first-order valence-electron chi connectivity index (χ1n) is 6.49. The van der Waals surface area contributed by atoms with Gasteiger partial charge in [-0.05, 0) is 24.3 Å². The van der Waals surface area contributed by atoms with Crippen LogP contribution in [0.15, 0.2) is 24.3 Å². The van der Waals surface area contributed by atoms with Gasteiger partial charge in [0.2, 0.25) is 0 Å². The van der Waals surface area contributed by atoms with Crippen molar-refractivity contribution < 1.29 is 9.53 Å². The molecule has 1 fully saturated rings. The molecule has 0 amide bonds. The van der Waals surface area contributed by atoms with E-state index in [9.17, 15) is 4.79 Å². The lowest BCUT2D eigenvalue weighted by atomic mass is 10.2.